The maximum absolute atomic E-state index is 12.2. The zero-order valence-electron chi connectivity index (χ0n) is 15.6. The molecule has 1 heterocycles. The molecule has 2 aromatic carbocycles. The van der Waals surface area contributed by atoms with Gasteiger partial charge in [-0.3, -0.25) is 9.59 Å². The van der Waals surface area contributed by atoms with E-state index in [9.17, 15) is 14.4 Å². The van der Waals surface area contributed by atoms with Gasteiger partial charge in [-0.25, -0.2) is 4.79 Å². The standard InChI is InChI=1S/C20H19ClN2O6/c1-12(22-19(25)14-4-2-3-5-15(14)21)20(26)29-11-18(24)23-13-6-7-16-17(10-13)28-9-8-27-16/h2-7,10,12H,8-9,11H2,1H3,(H,22,25)(H,23,24)/t12-/m0/s1. The van der Waals surface area contributed by atoms with Gasteiger partial charge in [0.2, 0.25) is 0 Å². The molecule has 1 aliphatic rings. The molecule has 2 amide bonds. The molecule has 8 nitrogen and oxygen atoms in total. The van der Waals surface area contributed by atoms with Crippen LogP contribution in [0.5, 0.6) is 11.5 Å². The predicted molar refractivity (Wildman–Crippen MR) is 105 cm³/mol. The summed E-state index contributed by atoms with van der Waals surface area (Å²) in [4.78, 5) is 36.3. The van der Waals surface area contributed by atoms with Crippen LogP contribution in [-0.2, 0) is 14.3 Å². The van der Waals surface area contributed by atoms with E-state index in [4.69, 9.17) is 25.8 Å². The predicted octanol–water partition coefficient (Wildman–Crippen LogP) is 2.41. The summed E-state index contributed by atoms with van der Waals surface area (Å²) >= 11 is 5.96. The first kappa shape index (κ1) is 20.5. The van der Waals surface area contributed by atoms with Crippen LogP contribution in [0.15, 0.2) is 42.5 Å². The second-order valence-electron chi connectivity index (χ2n) is 6.19. The SMILES string of the molecule is C[C@H](NC(=O)c1ccccc1Cl)C(=O)OCC(=O)Nc1ccc2c(c1)OCCO2. The Balaban J connectivity index is 1.47. The van der Waals surface area contributed by atoms with Gasteiger partial charge >= 0.3 is 5.97 Å². The van der Waals surface area contributed by atoms with Gasteiger partial charge in [-0.2, -0.15) is 0 Å². The fourth-order valence-electron chi connectivity index (χ4n) is 2.56. The number of fused-ring (bicyclic) bond motifs is 1. The molecule has 0 aromatic heterocycles. The zero-order chi connectivity index (χ0) is 20.8. The van der Waals surface area contributed by atoms with E-state index in [1.54, 1.807) is 36.4 Å². The van der Waals surface area contributed by atoms with Crippen LogP contribution < -0.4 is 20.1 Å². The Kier molecular flexibility index (Phi) is 6.56. The van der Waals surface area contributed by atoms with Crippen LogP contribution in [0.3, 0.4) is 0 Å². The first-order valence-electron chi connectivity index (χ1n) is 8.85. The molecule has 0 saturated carbocycles. The van der Waals surface area contributed by atoms with Crippen molar-refractivity contribution in [2.75, 3.05) is 25.1 Å². The van der Waals surface area contributed by atoms with Crippen molar-refractivity contribution >= 4 is 35.1 Å². The van der Waals surface area contributed by atoms with Crippen LogP contribution in [0.2, 0.25) is 5.02 Å². The van der Waals surface area contributed by atoms with Gasteiger partial charge in [0, 0.05) is 11.8 Å². The van der Waals surface area contributed by atoms with Gasteiger partial charge in [-0.1, -0.05) is 23.7 Å². The lowest BCUT2D eigenvalue weighted by Gasteiger charge is -2.19. The Morgan fingerprint density at radius 2 is 1.83 bits per heavy atom. The Labute approximate surface area is 172 Å². The number of rotatable bonds is 6. The minimum atomic E-state index is -0.958. The summed E-state index contributed by atoms with van der Waals surface area (Å²) in [7, 11) is 0. The summed E-state index contributed by atoms with van der Waals surface area (Å²) in [5, 5.41) is 5.36. The number of carbonyl (C=O) groups is 3. The van der Waals surface area contributed by atoms with Crippen molar-refractivity contribution in [3.05, 3.63) is 53.1 Å². The smallest absolute Gasteiger partial charge is 0.328 e. The molecule has 0 aliphatic carbocycles. The third-order valence-corrected chi connectivity index (χ3v) is 4.32. The number of hydrogen-bond acceptors (Lipinski definition) is 6. The maximum atomic E-state index is 12.2. The monoisotopic (exact) mass is 418 g/mol. The van der Waals surface area contributed by atoms with Crippen LogP contribution in [0.1, 0.15) is 17.3 Å². The van der Waals surface area contributed by atoms with Gasteiger partial charge in [0.05, 0.1) is 10.6 Å². The van der Waals surface area contributed by atoms with E-state index in [1.165, 1.54) is 13.0 Å². The van der Waals surface area contributed by atoms with Crippen LogP contribution >= 0.6 is 11.6 Å². The summed E-state index contributed by atoms with van der Waals surface area (Å²) in [5.74, 6) is -0.658. The van der Waals surface area contributed by atoms with E-state index in [0.717, 1.165) is 0 Å². The van der Waals surface area contributed by atoms with Gasteiger partial charge in [-0.05, 0) is 31.2 Å². The highest BCUT2D eigenvalue weighted by Crippen LogP contribution is 2.32. The van der Waals surface area contributed by atoms with Gasteiger partial charge in [0.15, 0.2) is 18.1 Å². The van der Waals surface area contributed by atoms with E-state index >= 15 is 0 Å². The largest absolute Gasteiger partial charge is 0.486 e. The second-order valence-corrected chi connectivity index (χ2v) is 6.60. The van der Waals surface area contributed by atoms with Crippen LogP contribution in [-0.4, -0.2) is 43.6 Å². The van der Waals surface area contributed by atoms with Gasteiger partial charge in [0.25, 0.3) is 11.8 Å². The van der Waals surface area contributed by atoms with Crippen molar-refractivity contribution in [2.24, 2.45) is 0 Å². The van der Waals surface area contributed by atoms with Crippen LogP contribution in [0.4, 0.5) is 5.69 Å². The summed E-state index contributed by atoms with van der Waals surface area (Å²) < 4.78 is 15.8. The number of hydrogen-bond donors (Lipinski definition) is 2. The topological polar surface area (TPSA) is 103 Å². The molecule has 3 rings (SSSR count). The third-order valence-electron chi connectivity index (χ3n) is 3.99. The highest BCUT2D eigenvalue weighted by Gasteiger charge is 2.20. The van der Waals surface area contributed by atoms with Gasteiger partial charge in [-0.15, -0.1) is 0 Å². The van der Waals surface area contributed by atoms with E-state index in [-0.39, 0.29) is 10.6 Å². The molecule has 152 valence electrons. The molecule has 1 atom stereocenters. The molecule has 0 bridgehead atoms. The molecule has 0 saturated heterocycles. The minimum absolute atomic E-state index is 0.241. The van der Waals surface area contributed by atoms with Crippen molar-refractivity contribution in [1.29, 1.82) is 0 Å². The Morgan fingerprint density at radius 3 is 2.59 bits per heavy atom. The van der Waals surface area contributed by atoms with Crippen molar-refractivity contribution in [2.45, 2.75) is 13.0 Å². The highest BCUT2D eigenvalue weighted by atomic mass is 35.5. The van der Waals surface area contributed by atoms with Crippen molar-refractivity contribution in [3.8, 4) is 11.5 Å². The van der Waals surface area contributed by atoms with E-state index in [2.05, 4.69) is 10.6 Å². The molecule has 0 fully saturated rings. The average Bonchev–Trinajstić information content (AvgIpc) is 2.72. The molecule has 9 heteroatoms. The maximum Gasteiger partial charge on any atom is 0.328 e. The van der Waals surface area contributed by atoms with E-state index in [1.807, 2.05) is 0 Å². The van der Waals surface area contributed by atoms with Gasteiger partial charge in [0.1, 0.15) is 19.3 Å². The Hall–Kier alpha value is -3.26. The molecular weight excluding hydrogens is 400 g/mol. The second kappa shape index (κ2) is 9.29. The number of nitrogens with one attached hydrogen (secondary N) is 2. The van der Waals surface area contributed by atoms with Crippen molar-refractivity contribution < 1.29 is 28.6 Å². The van der Waals surface area contributed by atoms with Crippen molar-refractivity contribution in [3.63, 3.8) is 0 Å². The summed E-state index contributed by atoms with van der Waals surface area (Å²) in [6, 6.07) is 10.5. The first-order valence-corrected chi connectivity index (χ1v) is 9.23. The molecular formula is C20H19ClN2O6. The highest BCUT2D eigenvalue weighted by molar-refractivity contribution is 6.33. The minimum Gasteiger partial charge on any atom is -0.486 e. The summed E-state index contributed by atoms with van der Waals surface area (Å²) in [5.41, 5.74) is 0.723. The number of benzene rings is 2. The number of carbonyl (C=O) groups excluding carboxylic acids is 3. The zero-order valence-corrected chi connectivity index (χ0v) is 16.3. The lowest BCUT2D eigenvalue weighted by atomic mass is 10.2. The summed E-state index contributed by atoms with van der Waals surface area (Å²) in [6.45, 7) is 1.86. The lowest BCUT2D eigenvalue weighted by molar-refractivity contribution is -0.148. The first-order chi connectivity index (χ1) is 13.9. The number of esters is 1. The molecule has 0 radical (unpaired) electrons. The quantitative estimate of drug-likeness (QED) is 0.698. The van der Waals surface area contributed by atoms with Crippen molar-refractivity contribution in [1.82, 2.24) is 5.32 Å². The fourth-order valence-corrected chi connectivity index (χ4v) is 2.78. The Morgan fingerprint density at radius 1 is 1.10 bits per heavy atom. The number of anilines is 1. The van der Waals surface area contributed by atoms with E-state index in [0.29, 0.717) is 30.4 Å². The third kappa shape index (κ3) is 5.39. The van der Waals surface area contributed by atoms with E-state index < -0.39 is 30.4 Å². The molecule has 0 unspecified atom stereocenters. The molecule has 2 N–H and O–H groups in total. The molecule has 2 aromatic rings. The fraction of sp³-hybridized carbons (Fsp3) is 0.250. The number of halogens is 1. The molecule has 29 heavy (non-hydrogen) atoms. The van der Waals surface area contributed by atoms with Crippen LogP contribution in [0, 0.1) is 0 Å². The Bertz CT molecular complexity index is 933. The van der Waals surface area contributed by atoms with Gasteiger partial charge < -0.3 is 24.8 Å². The summed E-state index contributed by atoms with van der Waals surface area (Å²) in [6.07, 6.45) is 0. The number of ether oxygens (including phenoxy) is 3. The number of amides is 2. The average molecular weight is 419 g/mol. The van der Waals surface area contributed by atoms with Crippen LogP contribution in [0.25, 0.3) is 0 Å². The molecule has 0 spiro atoms. The normalized spacial score (nSPS) is 13.2. The lowest BCUT2D eigenvalue weighted by Crippen LogP contribution is -2.40. The molecule has 1 aliphatic heterocycles.